The summed E-state index contributed by atoms with van der Waals surface area (Å²) in [6.45, 7) is 12.3. The topological polar surface area (TPSA) is 18.5 Å². The van der Waals surface area contributed by atoms with Crippen molar-refractivity contribution in [3.63, 3.8) is 0 Å². The van der Waals surface area contributed by atoms with Crippen LogP contribution in [0.4, 0.5) is 0 Å². The molecular weight excluding hydrogens is 222 g/mol. The SMILES string of the molecule is CNC1CCN(CC2CCN(C(C)C)C2)C(C)C1. The molecule has 18 heavy (non-hydrogen) atoms. The van der Waals surface area contributed by atoms with Gasteiger partial charge in [-0.2, -0.15) is 0 Å². The molecule has 3 atom stereocenters. The molecule has 1 N–H and O–H groups in total. The summed E-state index contributed by atoms with van der Waals surface area (Å²) in [6.07, 6.45) is 4.04. The third-order valence-corrected chi connectivity index (χ3v) is 4.96. The fourth-order valence-corrected chi connectivity index (χ4v) is 3.57. The van der Waals surface area contributed by atoms with Crippen LogP contribution in [0.1, 0.15) is 40.0 Å². The molecule has 0 bridgehead atoms. The highest BCUT2D eigenvalue weighted by molar-refractivity contribution is 4.86. The summed E-state index contributed by atoms with van der Waals surface area (Å²) in [6, 6.07) is 2.22. The molecule has 0 aromatic carbocycles. The second kappa shape index (κ2) is 6.36. The van der Waals surface area contributed by atoms with Gasteiger partial charge in [0.1, 0.15) is 0 Å². The number of hydrogen-bond donors (Lipinski definition) is 1. The molecule has 106 valence electrons. The molecule has 0 aromatic rings. The summed E-state index contributed by atoms with van der Waals surface area (Å²) >= 11 is 0. The lowest BCUT2D eigenvalue weighted by Gasteiger charge is -2.39. The van der Waals surface area contributed by atoms with Crippen molar-refractivity contribution in [2.75, 3.05) is 33.2 Å². The van der Waals surface area contributed by atoms with E-state index >= 15 is 0 Å². The lowest BCUT2D eigenvalue weighted by Crippen LogP contribution is -2.48. The predicted octanol–water partition coefficient (Wildman–Crippen LogP) is 1.79. The van der Waals surface area contributed by atoms with Gasteiger partial charge in [-0.05, 0) is 66.1 Å². The van der Waals surface area contributed by atoms with Crippen LogP contribution >= 0.6 is 0 Å². The van der Waals surface area contributed by atoms with Crippen molar-refractivity contribution in [2.45, 2.75) is 58.2 Å². The maximum atomic E-state index is 3.44. The van der Waals surface area contributed by atoms with Crippen molar-refractivity contribution in [2.24, 2.45) is 5.92 Å². The smallest absolute Gasteiger partial charge is 0.00910 e. The Hall–Kier alpha value is -0.120. The van der Waals surface area contributed by atoms with Crippen molar-refractivity contribution in [1.29, 1.82) is 0 Å². The minimum absolute atomic E-state index is 0.724. The number of likely N-dealkylation sites (tertiary alicyclic amines) is 2. The highest BCUT2D eigenvalue weighted by Gasteiger charge is 2.30. The molecule has 3 nitrogen and oxygen atoms in total. The van der Waals surface area contributed by atoms with Crippen molar-refractivity contribution < 1.29 is 0 Å². The lowest BCUT2D eigenvalue weighted by molar-refractivity contribution is 0.117. The summed E-state index contributed by atoms with van der Waals surface area (Å²) in [5.74, 6) is 0.904. The van der Waals surface area contributed by atoms with Gasteiger partial charge in [0.2, 0.25) is 0 Å². The zero-order chi connectivity index (χ0) is 13.1. The molecule has 0 amide bonds. The molecule has 2 heterocycles. The van der Waals surface area contributed by atoms with E-state index in [4.69, 9.17) is 0 Å². The van der Waals surface area contributed by atoms with Gasteiger partial charge in [-0.15, -0.1) is 0 Å². The van der Waals surface area contributed by atoms with Crippen molar-refractivity contribution in [1.82, 2.24) is 15.1 Å². The van der Waals surface area contributed by atoms with Crippen LogP contribution in [0.5, 0.6) is 0 Å². The maximum absolute atomic E-state index is 3.44. The van der Waals surface area contributed by atoms with Gasteiger partial charge in [0.15, 0.2) is 0 Å². The molecular formula is C15H31N3. The van der Waals surface area contributed by atoms with E-state index in [-0.39, 0.29) is 0 Å². The zero-order valence-electron chi connectivity index (χ0n) is 12.7. The van der Waals surface area contributed by atoms with E-state index in [1.54, 1.807) is 0 Å². The Bertz CT molecular complexity index is 254. The Morgan fingerprint density at radius 1 is 1.22 bits per heavy atom. The molecule has 0 radical (unpaired) electrons. The number of rotatable bonds is 4. The van der Waals surface area contributed by atoms with Crippen LogP contribution in [0, 0.1) is 5.92 Å². The number of hydrogen-bond acceptors (Lipinski definition) is 3. The van der Waals surface area contributed by atoms with E-state index < -0.39 is 0 Å². The summed E-state index contributed by atoms with van der Waals surface area (Å²) in [4.78, 5) is 5.36. The second-order valence-corrected chi connectivity index (χ2v) is 6.60. The van der Waals surface area contributed by atoms with Crippen LogP contribution in [0.25, 0.3) is 0 Å². The largest absolute Gasteiger partial charge is 0.317 e. The standard InChI is InChI=1S/C15H31N3/c1-12(2)17-7-5-14(10-17)11-18-8-6-15(16-4)9-13(18)3/h12-16H,5-11H2,1-4H3. The molecule has 2 aliphatic heterocycles. The average Bonchev–Trinajstić information content (AvgIpc) is 2.80. The fraction of sp³-hybridized carbons (Fsp3) is 1.00. The Labute approximate surface area is 113 Å². The molecule has 0 aliphatic carbocycles. The summed E-state index contributed by atoms with van der Waals surface area (Å²) < 4.78 is 0. The van der Waals surface area contributed by atoms with E-state index in [2.05, 4.69) is 42.9 Å². The summed E-state index contributed by atoms with van der Waals surface area (Å²) in [5, 5.41) is 3.44. The first-order valence-corrected chi connectivity index (χ1v) is 7.75. The highest BCUT2D eigenvalue weighted by atomic mass is 15.2. The Kier molecular flexibility index (Phi) is 5.05. The van der Waals surface area contributed by atoms with Crippen LogP contribution in [-0.4, -0.2) is 61.2 Å². The van der Waals surface area contributed by atoms with Gasteiger partial charge in [0.05, 0.1) is 0 Å². The molecule has 2 rings (SSSR count). The maximum Gasteiger partial charge on any atom is 0.00910 e. The number of nitrogens with zero attached hydrogens (tertiary/aromatic N) is 2. The summed E-state index contributed by atoms with van der Waals surface area (Å²) in [5.41, 5.74) is 0. The van der Waals surface area contributed by atoms with E-state index in [1.807, 2.05) is 0 Å². The van der Waals surface area contributed by atoms with E-state index in [0.717, 1.165) is 24.0 Å². The predicted molar refractivity (Wildman–Crippen MR) is 77.9 cm³/mol. The first-order valence-electron chi connectivity index (χ1n) is 7.75. The van der Waals surface area contributed by atoms with E-state index in [1.165, 1.54) is 45.4 Å². The van der Waals surface area contributed by atoms with Crippen LogP contribution in [0.2, 0.25) is 0 Å². The monoisotopic (exact) mass is 253 g/mol. The van der Waals surface area contributed by atoms with Gasteiger partial charge in [0, 0.05) is 31.2 Å². The number of piperidine rings is 1. The van der Waals surface area contributed by atoms with Gasteiger partial charge >= 0.3 is 0 Å². The lowest BCUT2D eigenvalue weighted by atomic mass is 9.96. The average molecular weight is 253 g/mol. The molecule has 0 saturated carbocycles. The second-order valence-electron chi connectivity index (χ2n) is 6.60. The third kappa shape index (κ3) is 3.46. The minimum Gasteiger partial charge on any atom is -0.317 e. The van der Waals surface area contributed by atoms with Crippen LogP contribution in [0.3, 0.4) is 0 Å². The Balaban J connectivity index is 1.77. The van der Waals surface area contributed by atoms with Gasteiger partial charge in [0.25, 0.3) is 0 Å². The molecule has 0 spiro atoms. The van der Waals surface area contributed by atoms with E-state index in [0.29, 0.717) is 0 Å². The summed E-state index contributed by atoms with van der Waals surface area (Å²) in [7, 11) is 2.10. The van der Waals surface area contributed by atoms with Crippen LogP contribution < -0.4 is 5.32 Å². The highest BCUT2D eigenvalue weighted by Crippen LogP contribution is 2.23. The normalized spacial score (nSPS) is 35.5. The molecule has 0 aromatic heterocycles. The third-order valence-electron chi connectivity index (χ3n) is 4.96. The fourth-order valence-electron chi connectivity index (χ4n) is 3.57. The Morgan fingerprint density at radius 2 is 2.00 bits per heavy atom. The van der Waals surface area contributed by atoms with Gasteiger partial charge in [-0.3, -0.25) is 0 Å². The quantitative estimate of drug-likeness (QED) is 0.824. The Morgan fingerprint density at radius 3 is 2.56 bits per heavy atom. The van der Waals surface area contributed by atoms with E-state index in [9.17, 15) is 0 Å². The van der Waals surface area contributed by atoms with Crippen molar-refractivity contribution >= 4 is 0 Å². The molecule has 2 saturated heterocycles. The van der Waals surface area contributed by atoms with Crippen molar-refractivity contribution in [3.8, 4) is 0 Å². The zero-order valence-corrected chi connectivity index (χ0v) is 12.7. The van der Waals surface area contributed by atoms with Crippen LogP contribution in [0.15, 0.2) is 0 Å². The number of nitrogens with one attached hydrogen (secondary N) is 1. The molecule has 2 fully saturated rings. The van der Waals surface area contributed by atoms with Crippen LogP contribution in [-0.2, 0) is 0 Å². The first kappa shape index (κ1) is 14.3. The molecule has 2 aliphatic rings. The van der Waals surface area contributed by atoms with Crippen molar-refractivity contribution in [3.05, 3.63) is 0 Å². The first-order chi connectivity index (χ1) is 8.60. The van der Waals surface area contributed by atoms with Gasteiger partial charge < -0.3 is 15.1 Å². The molecule has 3 heteroatoms. The minimum atomic E-state index is 0.724. The molecule has 3 unspecified atom stereocenters. The van der Waals surface area contributed by atoms with Gasteiger partial charge in [-0.25, -0.2) is 0 Å². The van der Waals surface area contributed by atoms with Gasteiger partial charge in [-0.1, -0.05) is 0 Å².